The number of nitrogens with one attached hydrogen (secondary N) is 1. The number of nitrogens with zero attached hydrogens (tertiary/aromatic N) is 1. The van der Waals surface area contributed by atoms with Gasteiger partial charge in [0, 0.05) is 5.69 Å². The number of hydrogen-bond donors (Lipinski definition) is 3. The quantitative estimate of drug-likeness (QED) is 0.595. The van der Waals surface area contributed by atoms with Gasteiger partial charge in [0.05, 0.1) is 17.1 Å². The van der Waals surface area contributed by atoms with Gasteiger partial charge in [-0.15, -0.1) is 0 Å². The molecular weight excluding hydrogens is 455 g/mol. The van der Waals surface area contributed by atoms with Crippen LogP contribution in [0.5, 0.6) is 5.75 Å². The van der Waals surface area contributed by atoms with E-state index in [1.165, 1.54) is 0 Å². The number of benzene rings is 2. The first-order chi connectivity index (χ1) is 14.3. The summed E-state index contributed by atoms with van der Waals surface area (Å²) >= 11 is 0. The van der Waals surface area contributed by atoms with E-state index in [2.05, 4.69) is 0 Å². The number of amides is 1. The lowest BCUT2D eigenvalue weighted by molar-refractivity contribution is -0.225. The van der Waals surface area contributed by atoms with Gasteiger partial charge in [-0.2, -0.15) is 13.2 Å². The van der Waals surface area contributed by atoms with E-state index in [-0.39, 0.29) is 11.4 Å². The minimum atomic E-state index is -5.15. The van der Waals surface area contributed by atoms with Crippen LogP contribution in [0.25, 0.3) is 0 Å². The summed E-state index contributed by atoms with van der Waals surface area (Å²) in [5.41, 5.74) is -0.517. The zero-order valence-electron chi connectivity index (χ0n) is 15.1. The lowest BCUT2D eigenvalue weighted by Gasteiger charge is -2.37. The second-order valence-electron chi connectivity index (χ2n) is 6.37. The SMILES string of the molecule is O=C(O)Nc1ccc2c(c1)N(S(=O)(=O)c1ccc(F)c(F)c1)CC([C@H](O)C(F)(F)F)O2. The summed E-state index contributed by atoms with van der Waals surface area (Å²) in [6.07, 6.45) is -11.8. The standard InChI is InChI=1S/C17H13F5N2O6S/c18-10-3-2-9(6-11(10)19)31(28,29)24-7-14(15(25)17(20,21)22)30-13-4-1-8(5-12(13)24)23-16(26)27/h1-6,14-15,23,25H,7H2,(H,26,27)/t14?,15-/m0/s1. The van der Waals surface area contributed by atoms with Crippen molar-refractivity contribution < 1.29 is 50.1 Å². The number of sulfonamides is 1. The second kappa shape index (κ2) is 7.85. The molecule has 3 rings (SSSR count). The monoisotopic (exact) mass is 468 g/mol. The number of aliphatic hydroxyl groups is 1. The Balaban J connectivity index is 2.13. The molecule has 0 bridgehead atoms. The second-order valence-corrected chi connectivity index (χ2v) is 8.23. The van der Waals surface area contributed by atoms with Crippen LogP contribution in [0.3, 0.4) is 0 Å². The average Bonchev–Trinajstić information content (AvgIpc) is 2.67. The third-order valence-electron chi connectivity index (χ3n) is 4.27. The molecule has 1 aliphatic heterocycles. The fourth-order valence-corrected chi connectivity index (χ4v) is 4.33. The van der Waals surface area contributed by atoms with Gasteiger partial charge >= 0.3 is 12.3 Å². The molecule has 3 N–H and O–H groups in total. The van der Waals surface area contributed by atoms with Crippen LogP contribution < -0.4 is 14.4 Å². The third kappa shape index (κ3) is 4.49. The highest BCUT2D eigenvalue weighted by molar-refractivity contribution is 7.92. The molecule has 1 aliphatic rings. The number of carboxylic acid groups (broad SMARTS) is 1. The zero-order valence-corrected chi connectivity index (χ0v) is 15.9. The molecule has 0 aromatic heterocycles. The van der Waals surface area contributed by atoms with Crippen LogP contribution in [-0.2, 0) is 10.0 Å². The van der Waals surface area contributed by atoms with Crippen molar-refractivity contribution in [3.63, 3.8) is 0 Å². The number of fused-ring (bicyclic) bond motifs is 1. The Bertz CT molecular complexity index is 1120. The number of carbonyl (C=O) groups is 1. The Hall–Kier alpha value is -3.13. The highest BCUT2D eigenvalue weighted by Gasteiger charge is 2.48. The van der Waals surface area contributed by atoms with E-state index in [0.29, 0.717) is 22.5 Å². The fourth-order valence-electron chi connectivity index (χ4n) is 2.84. The minimum absolute atomic E-state index is 0.143. The maximum absolute atomic E-state index is 13.6. The molecule has 14 heteroatoms. The number of rotatable bonds is 4. The largest absolute Gasteiger partial charge is 0.483 e. The van der Waals surface area contributed by atoms with E-state index >= 15 is 0 Å². The number of aliphatic hydroxyl groups excluding tert-OH is 1. The van der Waals surface area contributed by atoms with Crippen LogP contribution in [0.1, 0.15) is 0 Å². The molecule has 31 heavy (non-hydrogen) atoms. The summed E-state index contributed by atoms with van der Waals surface area (Å²) in [5.74, 6) is -3.27. The normalized spacial score (nSPS) is 17.5. The molecule has 0 radical (unpaired) electrons. The summed E-state index contributed by atoms with van der Waals surface area (Å²) in [5, 5.41) is 20.3. The van der Waals surface area contributed by atoms with Gasteiger partial charge in [0.15, 0.2) is 23.8 Å². The van der Waals surface area contributed by atoms with Crippen molar-refractivity contribution in [2.24, 2.45) is 0 Å². The third-order valence-corrected chi connectivity index (χ3v) is 6.05. The molecular formula is C17H13F5N2O6S. The van der Waals surface area contributed by atoms with Crippen molar-refractivity contribution in [2.75, 3.05) is 16.2 Å². The van der Waals surface area contributed by atoms with Gasteiger partial charge in [0.2, 0.25) is 0 Å². The van der Waals surface area contributed by atoms with Gasteiger partial charge in [0.25, 0.3) is 10.0 Å². The van der Waals surface area contributed by atoms with Gasteiger partial charge in [0.1, 0.15) is 5.75 Å². The predicted octanol–water partition coefficient (Wildman–Crippen LogP) is 2.93. The zero-order chi connectivity index (χ0) is 23.1. The fraction of sp³-hybridized carbons (Fsp3) is 0.235. The van der Waals surface area contributed by atoms with Crippen LogP contribution in [0.15, 0.2) is 41.3 Å². The highest BCUT2D eigenvalue weighted by Crippen LogP contribution is 2.41. The number of ether oxygens (including phenoxy) is 1. The lowest BCUT2D eigenvalue weighted by atomic mass is 10.1. The van der Waals surface area contributed by atoms with E-state index in [1.807, 2.05) is 5.32 Å². The maximum Gasteiger partial charge on any atom is 0.418 e. The molecule has 0 saturated heterocycles. The molecule has 0 spiro atoms. The smallest absolute Gasteiger partial charge is 0.418 e. The van der Waals surface area contributed by atoms with Crippen molar-refractivity contribution in [3.8, 4) is 5.75 Å². The number of hydrogen-bond acceptors (Lipinski definition) is 5. The van der Waals surface area contributed by atoms with E-state index < -0.39 is 63.3 Å². The molecule has 168 valence electrons. The number of alkyl halides is 3. The molecule has 1 unspecified atom stereocenters. The van der Waals surface area contributed by atoms with Crippen LogP contribution >= 0.6 is 0 Å². The molecule has 0 fully saturated rings. The van der Waals surface area contributed by atoms with Crippen molar-refractivity contribution in [1.82, 2.24) is 0 Å². The van der Waals surface area contributed by atoms with Crippen LogP contribution in [0.2, 0.25) is 0 Å². The molecule has 1 heterocycles. The van der Waals surface area contributed by atoms with Gasteiger partial charge in [-0.25, -0.2) is 22.0 Å². The van der Waals surface area contributed by atoms with Gasteiger partial charge in [-0.3, -0.25) is 9.62 Å². The molecule has 2 atom stereocenters. The topological polar surface area (TPSA) is 116 Å². The van der Waals surface area contributed by atoms with E-state index in [4.69, 9.17) is 9.84 Å². The summed E-state index contributed by atoms with van der Waals surface area (Å²) in [6, 6.07) is 4.64. The maximum atomic E-state index is 13.6. The number of anilines is 2. The van der Waals surface area contributed by atoms with E-state index in [0.717, 1.165) is 18.2 Å². The number of halogens is 5. The van der Waals surface area contributed by atoms with Crippen LogP contribution in [-0.4, -0.2) is 49.7 Å². The first-order valence-corrected chi connectivity index (χ1v) is 9.78. The Morgan fingerprint density at radius 2 is 1.84 bits per heavy atom. The predicted molar refractivity (Wildman–Crippen MR) is 95.5 cm³/mol. The van der Waals surface area contributed by atoms with Gasteiger partial charge < -0.3 is 14.9 Å². The van der Waals surface area contributed by atoms with Gasteiger partial charge in [-0.05, 0) is 36.4 Å². The van der Waals surface area contributed by atoms with Crippen LogP contribution in [0, 0.1) is 11.6 Å². The van der Waals surface area contributed by atoms with E-state index in [9.17, 15) is 40.3 Å². The average molecular weight is 468 g/mol. The van der Waals surface area contributed by atoms with Crippen LogP contribution in [0.4, 0.5) is 38.1 Å². The molecule has 0 aliphatic carbocycles. The highest BCUT2D eigenvalue weighted by atomic mass is 32.2. The Morgan fingerprint density at radius 1 is 1.16 bits per heavy atom. The Kier molecular flexibility index (Phi) is 5.71. The Morgan fingerprint density at radius 3 is 2.42 bits per heavy atom. The minimum Gasteiger partial charge on any atom is -0.483 e. The molecule has 2 aromatic carbocycles. The van der Waals surface area contributed by atoms with Crippen molar-refractivity contribution in [2.45, 2.75) is 23.3 Å². The molecule has 2 aromatic rings. The summed E-state index contributed by atoms with van der Waals surface area (Å²) in [6.45, 7) is -1.05. The summed E-state index contributed by atoms with van der Waals surface area (Å²) < 4.78 is 97.4. The summed E-state index contributed by atoms with van der Waals surface area (Å²) in [4.78, 5) is 10.1. The van der Waals surface area contributed by atoms with E-state index in [1.54, 1.807) is 0 Å². The Labute approximate surface area is 171 Å². The first kappa shape index (κ1) is 22.6. The molecule has 8 nitrogen and oxygen atoms in total. The molecule has 0 saturated carbocycles. The lowest BCUT2D eigenvalue weighted by Crippen LogP contribution is -2.53. The van der Waals surface area contributed by atoms with Gasteiger partial charge in [-0.1, -0.05) is 0 Å². The van der Waals surface area contributed by atoms with Crippen molar-refractivity contribution in [3.05, 3.63) is 48.0 Å². The first-order valence-electron chi connectivity index (χ1n) is 8.34. The van der Waals surface area contributed by atoms with Crippen molar-refractivity contribution >= 4 is 27.5 Å². The molecule has 1 amide bonds. The summed E-state index contributed by atoms with van der Waals surface area (Å²) in [7, 11) is -4.78. The van der Waals surface area contributed by atoms with Crippen molar-refractivity contribution in [1.29, 1.82) is 0 Å².